The van der Waals surface area contributed by atoms with E-state index in [9.17, 15) is 13.6 Å². The zero-order chi connectivity index (χ0) is 18.2. The van der Waals surface area contributed by atoms with Gasteiger partial charge in [-0.2, -0.15) is 5.10 Å². The standard InChI is InChI=1S/C18H19N3O3S/c1-12(2)19-18(22)16-11-15(17-5-4-10-21(17)20-16)13-6-8-14(9-7-13)25(3,23)24/h4-12H,1-3H3,(H-,19,22,23,24). The highest BCUT2D eigenvalue weighted by Gasteiger charge is 2.16. The second-order valence-corrected chi connectivity index (χ2v) is 8.22. The normalized spacial score (nSPS) is 13.8. The number of amides is 1. The van der Waals surface area contributed by atoms with E-state index in [2.05, 4.69) is 10.4 Å². The van der Waals surface area contributed by atoms with Crippen LogP contribution in [0.2, 0.25) is 0 Å². The molecule has 1 unspecified atom stereocenters. The van der Waals surface area contributed by atoms with Crippen LogP contribution in [0.4, 0.5) is 0 Å². The monoisotopic (exact) mass is 357 g/mol. The van der Waals surface area contributed by atoms with E-state index in [0.29, 0.717) is 5.69 Å². The van der Waals surface area contributed by atoms with Gasteiger partial charge in [0.2, 0.25) is 0 Å². The summed E-state index contributed by atoms with van der Waals surface area (Å²) in [5.74, 6) is -0.250. The molecule has 0 bridgehead atoms. The number of rotatable bonds is 4. The second kappa shape index (κ2) is 6.42. The third-order valence-corrected chi connectivity index (χ3v) is 4.88. The van der Waals surface area contributed by atoms with Crippen LogP contribution in [-0.4, -0.2) is 32.4 Å². The molecule has 7 heteroatoms. The molecule has 0 aliphatic rings. The number of aromatic nitrogens is 2. The molecular formula is C18H19N3O3S. The van der Waals surface area contributed by atoms with Gasteiger partial charge in [-0.3, -0.25) is 4.79 Å². The number of nitrogens with zero attached hydrogens (tertiary/aromatic N) is 2. The molecule has 1 amide bonds. The lowest BCUT2D eigenvalue weighted by molar-refractivity contribution is 0.0937. The van der Waals surface area contributed by atoms with E-state index in [0.717, 1.165) is 16.6 Å². The van der Waals surface area contributed by atoms with Crippen molar-refractivity contribution < 1.29 is 13.6 Å². The van der Waals surface area contributed by atoms with Crippen LogP contribution in [0.3, 0.4) is 0 Å². The predicted octanol–water partition coefficient (Wildman–Crippen LogP) is 2.76. The first-order valence-electron chi connectivity index (χ1n) is 7.85. The van der Waals surface area contributed by atoms with Gasteiger partial charge in [-0.25, -0.2) is 4.52 Å². The zero-order valence-corrected chi connectivity index (χ0v) is 15.0. The van der Waals surface area contributed by atoms with Crippen LogP contribution in [0.5, 0.6) is 0 Å². The van der Waals surface area contributed by atoms with E-state index in [1.165, 1.54) is 6.26 Å². The Hall–Kier alpha value is -2.51. The highest BCUT2D eigenvalue weighted by atomic mass is 32.3. The second-order valence-electron chi connectivity index (χ2n) is 6.21. The summed E-state index contributed by atoms with van der Waals surface area (Å²) in [5.41, 5.74) is 2.78. The molecule has 3 rings (SSSR count). The number of benzene rings is 1. The molecular weight excluding hydrogens is 338 g/mol. The summed E-state index contributed by atoms with van der Waals surface area (Å²) in [6.07, 6.45) is 2.95. The van der Waals surface area contributed by atoms with E-state index in [1.54, 1.807) is 41.0 Å². The summed E-state index contributed by atoms with van der Waals surface area (Å²) in [7, 11) is -3.25. The summed E-state index contributed by atoms with van der Waals surface area (Å²) >= 11 is 0. The van der Waals surface area contributed by atoms with Crippen LogP contribution in [0.25, 0.3) is 16.6 Å². The largest absolute Gasteiger partial charge is 0.610 e. The molecule has 25 heavy (non-hydrogen) atoms. The summed E-state index contributed by atoms with van der Waals surface area (Å²) in [5, 5.41) is 7.17. The molecule has 1 N–H and O–H groups in total. The maximum Gasteiger partial charge on any atom is 0.271 e. The van der Waals surface area contributed by atoms with Crippen LogP contribution in [-0.2, 0) is 14.4 Å². The topological polar surface area (TPSA) is 86.5 Å². The first-order chi connectivity index (χ1) is 11.8. The lowest BCUT2D eigenvalue weighted by Crippen LogP contribution is -2.31. The molecule has 0 spiro atoms. The van der Waals surface area contributed by atoms with Crippen LogP contribution >= 0.6 is 0 Å². The van der Waals surface area contributed by atoms with Crippen molar-refractivity contribution in [2.75, 3.05) is 6.26 Å². The van der Waals surface area contributed by atoms with Crippen molar-refractivity contribution in [3.8, 4) is 11.1 Å². The van der Waals surface area contributed by atoms with Crippen molar-refractivity contribution in [1.29, 1.82) is 0 Å². The highest BCUT2D eigenvalue weighted by molar-refractivity contribution is 7.97. The Morgan fingerprint density at radius 1 is 1.24 bits per heavy atom. The summed E-state index contributed by atoms with van der Waals surface area (Å²) in [6, 6.07) is 12.1. The Bertz CT molecular complexity index is 971. The van der Waals surface area contributed by atoms with Crippen molar-refractivity contribution >= 4 is 21.6 Å². The highest BCUT2D eigenvalue weighted by Crippen LogP contribution is 2.27. The van der Waals surface area contributed by atoms with Gasteiger partial charge in [0, 0.05) is 17.8 Å². The van der Waals surface area contributed by atoms with Crippen molar-refractivity contribution in [3.05, 3.63) is 54.4 Å². The van der Waals surface area contributed by atoms with Crippen LogP contribution in [0, 0.1) is 0 Å². The number of fused-ring (bicyclic) bond motifs is 1. The predicted molar refractivity (Wildman–Crippen MR) is 96.2 cm³/mol. The van der Waals surface area contributed by atoms with Crippen molar-refractivity contribution in [2.45, 2.75) is 24.8 Å². The molecule has 2 aromatic heterocycles. The minimum atomic E-state index is -3.25. The molecule has 2 heterocycles. The zero-order valence-electron chi connectivity index (χ0n) is 14.2. The van der Waals surface area contributed by atoms with Crippen molar-refractivity contribution in [1.82, 2.24) is 14.9 Å². The smallest absolute Gasteiger partial charge is 0.271 e. The van der Waals surface area contributed by atoms with Gasteiger partial charge < -0.3 is 9.87 Å². The van der Waals surface area contributed by atoms with Crippen molar-refractivity contribution in [3.63, 3.8) is 0 Å². The molecule has 0 saturated carbocycles. The third-order valence-electron chi connectivity index (χ3n) is 3.75. The molecule has 1 atom stereocenters. The van der Waals surface area contributed by atoms with Gasteiger partial charge in [0.05, 0.1) is 15.7 Å². The molecule has 6 nitrogen and oxygen atoms in total. The molecule has 0 fully saturated rings. The summed E-state index contributed by atoms with van der Waals surface area (Å²) in [4.78, 5) is 12.6. The molecule has 3 aromatic rings. The maximum atomic E-state index is 12.3. The molecule has 0 saturated heterocycles. The fourth-order valence-corrected chi connectivity index (χ4v) is 3.22. The first kappa shape index (κ1) is 17.3. The van der Waals surface area contributed by atoms with Crippen molar-refractivity contribution in [2.24, 2.45) is 0 Å². The molecule has 130 valence electrons. The van der Waals surface area contributed by atoms with Gasteiger partial charge in [0.15, 0.2) is 4.90 Å². The summed E-state index contributed by atoms with van der Waals surface area (Å²) < 4.78 is 24.9. The fraction of sp³-hybridized carbons (Fsp3) is 0.222. The average molecular weight is 357 g/mol. The van der Waals surface area contributed by atoms with Gasteiger partial charge in [-0.05, 0) is 61.9 Å². The number of hydrogen-bond acceptors (Lipinski definition) is 4. The fourth-order valence-electron chi connectivity index (χ4n) is 2.59. The minimum absolute atomic E-state index is 0.00662. The Balaban J connectivity index is 2.10. The van der Waals surface area contributed by atoms with Gasteiger partial charge in [0.1, 0.15) is 11.9 Å². The molecule has 0 aliphatic carbocycles. The van der Waals surface area contributed by atoms with Gasteiger partial charge in [-0.15, -0.1) is 4.21 Å². The van der Waals surface area contributed by atoms with Gasteiger partial charge in [0.25, 0.3) is 5.91 Å². The summed E-state index contributed by atoms with van der Waals surface area (Å²) in [6.45, 7) is 3.77. The van der Waals surface area contributed by atoms with E-state index in [-0.39, 0.29) is 16.8 Å². The number of carbonyl (C=O) groups is 1. The number of hydrogen-bond donors (Lipinski definition) is 1. The Labute approximate surface area is 147 Å². The Kier molecular flexibility index (Phi) is 4.45. The Morgan fingerprint density at radius 2 is 1.92 bits per heavy atom. The average Bonchev–Trinajstić information content (AvgIpc) is 3.01. The van der Waals surface area contributed by atoms with Gasteiger partial charge >= 0.3 is 0 Å². The van der Waals surface area contributed by atoms with E-state index >= 15 is 0 Å². The number of carbonyl (C=O) groups excluding carboxylic acids is 1. The molecule has 0 radical (unpaired) electrons. The lowest BCUT2D eigenvalue weighted by atomic mass is 10.1. The molecule has 1 aromatic carbocycles. The minimum Gasteiger partial charge on any atom is -0.610 e. The third kappa shape index (κ3) is 3.62. The molecule has 0 aliphatic heterocycles. The van der Waals surface area contributed by atoms with Crippen LogP contribution < -0.4 is 5.32 Å². The van der Waals surface area contributed by atoms with Crippen LogP contribution in [0.1, 0.15) is 24.3 Å². The van der Waals surface area contributed by atoms with E-state index in [1.807, 2.05) is 26.0 Å². The maximum absolute atomic E-state index is 12.3. The van der Waals surface area contributed by atoms with E-state index < -0.39 is 10.2 Å². The quantitative estimate of drug-likeness (QED) is 0.728. The number of sulfone groups is 1. The first-order valence-corrected chi connectivity index (χ1v) is 9.74. The van der Waals surface area contributed by atoms with E-state index in [4.69, 9.17) is 0 Å². The number of nitrogens with one attached hydrogen (secondary N) is 1. The SMILES string of the molecule is CC(C)NC(=O)c1cc(-c2ccc([S+](C)(=O)[O-])cc2)c2cccn2n1. The Morgan fingerprint density at radius 3 is 2.52 bits per heavy atom. The lowest BCUT2D eigenvalue weighted by Gasteiger charge is -2.12. The van der Waals surface area contributed by atoms with Crippen LogP contribution in [0.15, 0.2) is 53.6 Å². The van der Waals surface area contributed by atoms with Gasteiger partial charge in [-0.1, -0.05) is 0 Å².